The Bertz CT molecular complexity index is 841. The van der Waals surface area contributed by atoms with Crippen LogP contribution >= 0.6 is 0 Å². The van der Waals surface area contributed by atoms with E-state index in [9.17, 15) is 9.59 Å². The molecule has 1 aliphatic carbocycles. The number of piperidine rings is 1. The molecule has 0 atom stereocenters. The number of para-hydroxylation sites is 1. The third kappa shape index (κ3) is 5.73. The zero-order chi connectivity index (χ0) is 21.5. The van der Waals surface area contributed by atoms with Crippen molar-refractivity contribution in [1.82, 2.24) is 10.2 Å². The highest BCUT2D eigenvalue weighted by Crippen LogP contribution is 2.28. The van der Waals surface area contributed by atoms with Crippen molar-refractivity contribution in [2.45, 2.75) is 57.0 Å². The fourth-order valence-electron chi connectivity index (χ4n) is 4.85. The molecule has 0 spiro atoms. The Morgan fingerprint density at radius 3 is 2.10 bits per heavy atom. The maximum Gasteiger partial charge on any atom is 0.251 e. The average molecular weight is 420 g/mol. The van der Waals surface area contributed by atoms with Crippen molar-refractivity contribution < 1.29 is 9.59 Å². The number of likely N-dealkylation sites (tertiary alicyclic amines) is 1. The molecule has 1 saturated heterocycles. The number of anilines is 1. The highest BCUT2D eigenvalue weighted by Gasteiger charge is 2.29. The van der Waals surface area contributed by atoms with Crippen molar-refractivity contribution >= 4 is 17.5 Å². The lowest BCUT2D eigenvalue weighted by Gasteiger charge is -2.37. The van der Waals surface area contributed by atoms with Gasteiger partial charge in [0, 0.05) is 36.4 Å². The van der Waals surface area contributed by atoms with Gasteiger partial charge in [0.05, 0.1) is 6.54 Å². The van der Waals surface area contributed by atoms with Crippen LogP contribution in [-0.2, 0) is 4.79 Å². The molecule has 0 aromatic heterocycles. The van der Waals surface area contributed by atoms with Gasteiger partial charge in [-0.2, -0.15) is 0 Å². The number of carbonyl (C=O) groups is 2. The summed E-state index contributed by atoms with van der Waals surface area (Å²) in [5.74, 6) is 0.188. The summed E-state index contributed by atoms with van der Waals surface area (Å²) in [6, 6.07) is 20.0. The summed E-state index contributed by atoms with van der Waals surface area (Å²) in [4.78, 5) is 30.1. The molecule has 0 unspecified atom stereocenters. The van der Waals surface area contributed by atoms with Crippen molar-refractivity contribution in [2.75, 3.05) is 24.5 Å². The molecule has 0 radical (unpaired) electrons. The minimum atomic E-state index is -0.0114. The molecule has 5 heteroatoms. The number of rotatable bonds is 6. The molecule has 2 aliphatic rings. The van der Waals surface area contributed by atoms with E-state index in [2.05, 4.69) is 27.2 Å². The Morgan fingerprint density at radius 1 is 0.839 bits per heavy atom. The van der Waals surface area contributed by atoms with E-state index in [1.165, 1.54) is 19.3 Å². The van der Waals surface area contributed by atoms with Crippen molar-refractivity contribution in [2.24, 2.45) is 0 Å². The first kappa shape index (κ1) is 21.6. The number of hydrogen-bond acceptors (Lipinski definition) is 3. The number of nitrogens with zero attached hydrogens (tertiary/aromatic N) is 2. The van der Waals surface area contributed by atoms with Crippen molar-refractivity contribution in [3.05, 3.63) is 66.2 Å². The van der Waals surface area contributed by atoms with Gasteiger partial charge in [0.15, 0.2) is 0 Å². The molecule has 1 heterocycles. The third-order valence-electron chi connectivity index (χ3n) is 6.56. The van der Waals surface area contributed by atoms with Crippen molar-refractivity contribution in [3.8, 4) is 0 Å². The maximum atomic E-state index is 13.4. The molecule has 164 valence electrons. The predicted octanol–water partition coefficient (Wildman–Crippen LogP) is 4.25. The Labute approximate surface area is 185 Å². The second-order valence-electron chi connectivity index (χ2n) is 8.78. The van der Waals surface area contributed by atoms with Gasteiger partial charge in [-0.25, -0.2) is 0 Å². The molecule has 1 N–H and O–H groups in total. The molecule has 2 aromatic carbocycles. The van der Waals surface area contributed by atoms with Gasteiger partial charge in [-0.05, 0) is 49.9 Å². The van der Waals surface area contributed by atoms with Crippen LogP contribution in [0.5, 0.6) is 0 Å². The minimum absolute atomic E-state index is 0.0114. The molecule has 31 heavy (non-hydrogen) atoms. The summed E-state index contributed by atoms with van der Waals surface area (Å²) >= 11 is 0. The lowest BCUT2D eigenvalue weighted by molar-refractivity contribution is -0.120. The first-order chi connectivity index (χ1) is 15.2. The molecule has 2 amide bonds. The van der Waals surface area contributed by atoms with Gasteiger partial charge in [0.1, 0.15) is 0 Å². The largest absolute Gasteiger partial charge is 0.349 e. The zero-order valence-electron chi connectivity index (χ0n) is 18.2. The van der Waals surface area contributed by atoms with Gasteiger partial charge < -0.3 is 10.2 Å². The fourth-order valence-corrected chi connectivity index (χ4v) is 4.85. The minimum Gasteiger partial charge on any atom is -0.349 e. The molecule has 0 bridgehead atoms. The van der Waals surface area contributed by atoms with Crippen LogP contribution in [0, 0.1) is 0 Å². The molecular formula is C26H33N3O2. The highest BCUT2D eigenvalue weighted by molar-refractivity contribution is 5.95. The van der Waals surface area contributed by atoms with Crippen LogP contribution in [0.4, 0.5) is 5.69 Å². The van der Waals surface area contributed by atoms with Gasteiger partial charge >= 0.3 is 0 Å². The standard InChI is InChI=1S/C26H33N3O2/c30-25(29(23-12-6-2-7-13-23)24-14-8-3-9-15-24)20-28-18-16-22(17-19-28)27-26(31)21-10-4-1-5-11-21/h1-2,4-7,10-13,22,24H,3,8-9,14-20H2,(H,27,31). The molecule has 5 nitrogen and oxygen atoms in total. The van der Waals surface area contributed by atoms with E-state index >= 15 is 0 Å². The molecule has 1 saturated carbocycles. The van der Waals surface area contributed by atoms with Crippen LogP contribution in [0.15, 0.2) is 60.7 Å². The van der Waals surface area contributed by atoms with E-state index in [-0.39, 0.29) is 17.9 Å². The Kier molecular flexibility index (Phi) is 7.36. The second-order valence-corrected chi connectivity index (χ2v) is 8.78. The van der Waals surface area contributed by atoms with Gasteiger partial charge in [-0.3, -0.25) is 14.5 Å². The van der Waals surface area contributed by atoms with Crippen LogP contribution in [0.3, 0.4) is 0 Å². The lowest BCUT2D eigenvalue weighted by atomic mass is 9.93. The average Bonchev–Trinajstić information content (AvgIpc) is 2.82. The molecular weight excluding hydrogens is 386 g/mol. The van der Waals surface area contributed by atoms with Crippen LogP contribution in [0.2, 0.25) is 0 Å². The Balaban J connectivity index is 1.32. The highest BCUT2D eigenvalue weighted by atomic mass is 16.2. The first-order valence-corrected chi connectivity index (χ1v) is 11.7. The van der Waals surface area contributed by atoms with Gasteiger partial charge in [-0.1, -0.05) is 55.7 Å². The topological polar surface area (TPSA) is 52.7 Å². The summed E-state index contributed by atoms with van der Waals surface area (Å²) in [6.45, 7) is 2.11. The van der Waals surface area contributed by atoms with Crippen molar-refractivity contribution in [3.63, 3.8) is 0 Å². The van der Waals surface area contributed by atoms with Crippen LogP contribution in [-0.4, -0.2) is 48.4 Å². The number of nitrogens with one attached hydrogen (secondary N) is 1. The summed E-state index contributed by atoms with van der Waals surface area (Å²) in [7, 11) is 0. The summed E-state index contributed by atoms with van der Waals surface area (Å²) in [5, 5.41) is 3.15. The first-order valence-electron chi connectivity index (χ1n) is 11.7. The van der Waals surface area contributed by atoms with E-state index < -0.39 is 0 Å². The Morgan fingerprint density at radius 2 is 1.45 bits per heavy atom. The van der Waals surface area contributed by atoms with Crippen LogP contribution in [0.25, 0.3) is 0 Å². The second kappa shape index (κ2) is 10.6. The number of amides is 2. The fraction of sp³-hybridized carbons (Fsp3) is 0.462. The van der Waals surface area contributed by atoms with Gasteiger partial charge in [0.25, 0.3) is 5.91 Å². The third-order valence-corrected chi connectivity index (χ3v) is 6.56. The monoisotopic (exact) mass is 419 g/mol. The van der Waals surface area contributed by atoms with Crippen molar-refractivity contribution in [1.29, 1.82) is 0 Å². The molecule has 4 rings (SSSR count). The summed E-state index contributed by atoms with van der Waals surface area (Å²) in [6.07, 6.45) is 7.61. The SMILES string of the molecule is O=C(NC1CCN(CC(=O)N(c2ccccc2)C2CCCCC2)CC1)c1ccccc1. The quantitative estimate of drug-likeness (QED) is 0.762. The van der Waals surface area contributed by atoms with E-state index in [1.54, 1.807) is 0 Å². The molecule has 2 aromatic rings. The van der Waals surface area contributed by atoms with Gasteiger partial charge in [-0.15, -0.1) is 0 Å². The van der Waals surface area contributed by atoms with Gasteiger partial charge in [0.2, 0.25) is 5.91 Å². The Hall–Kier alpha value is -2.66. The van der Waals surface area contributed by atoms with E-state index in [0.29, 0.717) is 18.2 Å². The van der Waals surface area contributed by atoms with Crippen LogP contribution in [0.1, 0.15) is 55.3 Å². The lowest BCUT2D eigenvalue weighted by Crippen LogP contribution is -2.50. The smallest absolute Gasteiger partial charge is 0.251 e. The number of carbonyl (C=O) groups excluding carboxylic acids is 2. The van der Waals surface area contributed by atoms with Crippen LogP contribution < -0.4 is 10.2 Å². The number of benzene rings is 2. The maximum absolute atomic E-state index is 13.4. The summed E-state index contributed by atoms with van der Waals surface area (Å²) in [5.41, 5.74) is 1.72. The van der Waals surface area contributed by atoms with E-state index in [0.717, 1.165) is 44.5 Å². The van der Waals surface area contributed by atoms with E-state index in [1.807, 2.05) is 48.5 Å². The van der Waals surface area contributed by atoms with E-state index in [4.69, 9.17) is 0 Å². The number of hydrogen-bond donors (Lipinski definition) is 1. The normalized spacial score (nSPS) is 18.5. The predicted molar refractivity (Wildman–Crippen MR) is 124 cm³/mol. The zero-order valence-corrected chi connectivity index (χ0v) is 18.2. The molecule has 1 aliphatic heterocycles. The molecule has 2 fully saturated rings. The summed E-state index contributed by atoms with van der Waals surface area (Å²) < 4.78 is 0.